The minimum atomic E-state index is -1.79. The van der Waals surface area contributed by atoms with Crippen LogP contribution in [0.5, 0.6) is 23.0 Å². The summed E-state index contributed by atoms with van der Waals surface area (Å²) in [5, 5.41) is 72.7. The Hall–Kier alpha value is -3.51. The van der Waals surface area contributed by atoms with Crippen LogP contribution in [0.25, 0.3) is 22.3 Å². The summed E-state index contributed by atoms with van der Waals surface area (Å²) in [5.41, 5.74) is -0.171. The van der Waals surface area contributed by atoms with Gasteiger partial charge in [-0.3, -0.25) is 4.79 Å². The zero-order chi connectivity index (χ0) is 31.9. The van der Waals surface area contributed by atoms with Crippen molar-refractivity contribution in [2.75, 3.05) is 20.8 Å². The smallest absolute Gasteiger partial charge is 0.229 e. The highest BCUT2D eigenvalue weighted by Gasteiger charge is 2.51. The Kier molecular flexibility index (Phi) is 9.31. The first kappa shape index (κ1) is 31.9. The molecule has 0 amide bonds. The maximum absolute atomic E-state index is 13.1. The third-order valence-electron chi connectivity index (χ3n) is 7.66. The van der Waals surface area contributed by atoms with E-state index in [0.29, 0.717) is 11.3 Å². The van der Waals surface area contributed by atoms with Gasteiger partial charge in [-0.1, -0.05) is 0 Å². The molecule has 2 aliphatic heterocycles. The van der Waals surface area contributed by atoms with Gasteiger partial charge in [0.1, 0.15) is 59.1 Å². The minimum Gasteiger partial charge on any atom is -0.504 e. The molecule has 2 aromatic carbocycles. The predicted octanol–water partition coefficient (Wildman–Crippen LogP) is -0.787. The van der Waals surface area contributed by atoms with Crippen LogP contribution in [0.4, 0.5) is 0 Å². The molecule has 3 aromatic rings. The zero-order valence-electron chi connectivity index (χ0n) is 23.8. The standard InChI is InChI=1S/C29H34O15/c1-11-20(32)23(35)25(37)28(40-11)44-27-24(36)21(33)18(10-30)43-29(27)42-17-9-16-19(22(34)26(17)39-3)14(31)8-15(41-16)12-4-6-13(38-2)7-5-12/h4-9,11,18,20-21,23-25,27-30,32-37H,10H2,1-3H3/t11-,18+,20-,21+,23+,24-,25+,27+,28-,29+/m0/s1. The Bertz CT molecular complexity index is 1510. The molecular weight excluding hydrogens is 588 g/mol. The van der Waals surface area contributed by atoms with Crippen molar-refractivity contribution < 1.29 is 68.6 Å². The van der Waals surface area contributed by atoms with Crippen molar-refractivity contribution in [2.24, 2.45) is 0 Å². The van der Waals surface area contributed by atoms with E-state index in [4.69, 9.17) is 32.8 Å². The van der Waals surface area contributed by atoms with Gasteiger partial charge in [0.15, 0.2) is 29.3 Å². The molecule has 5 rings (SSSR count). The first-order valence-corrected chi connectivity index (χ1v) is 13.7. The minimum absolute atomic E-state index is 0.110. The Labute approximate surface area is 249 Å². The number of methoxy groups -OCH3 is 2. The van der Waals surface area contributed by atoms with Crippen LogP contribution < -0.4 is 19.6 Å². The molecule has 44 heavy (non-hydrogen) atoms. The number of hydrogen-bond donors (Lipinski definition) is 7. The van der Waals surface area contributed by atoms with Gasteiger partial charge in [-0.15, -0.1) is 0 Å². The summed E-state index contributed by atoms with van der Waals surface area (Å²) in [6, 6.07) is 9.12. The molecule has 0 radical (unpaired) electrons. The number of aliphatic hydroxyl groups is 6. The number of phenols is 1. The van der Waals surface area contributed by atoms with Gasteiger partial charge in [0.05, 0.1) is 26.9 Å². The second-order valence-corrected chi connectivity index (χ2v) is 10.4. The van der Waals surface area contributed by atoms with E-state index < -0.39 is 79.2 Å². The average Bonchev–Trinajstić information content (AvgIpc) is 3.01. The highest BCUT2D eigenvalue weighted by molar-refractivity contribution is 5.89. The monoisotopic (exact) mass is 622 g/mol. The fraction of sp³-hybridized carbons (Fsp3) is 0.483. The van der Waals surface area contributed by atoms with Gasteiger partial charge in [-0.2, -0.15) is 0 Å². The third-order valence-corrected chi connectivity index (χ3v) is 7.66. The fourth-order valence-electron chi connectivity index (χ4n) is 5.15. The lowest BCUT2D eigenvalue weighted by Gasteiger charge is -2.45. The first-order chi connectivity index (χ1) is 21.0. The summed E-state index contributed by atoms with van der Waals surface area (Å²) < 4.78 is 39.2. The van der Waals surface area contributed by atoms with Crippen LogP contribution in [-0.4, -0.2) is 118 Å². The van der Waals surface area contributed by atoms with Crippen molar-refractivity contribution in [2.45, 2.75) is 68.3 Å². The number of aromatic hydroxyl groups is 1. The molecule has 2 fully saturated rings. The van der Waals surface area contributed by atoms with Gasteiger partial charge in [-0.25, -0.2) is 0 Å². The van der Waals surface area contributed by atoms with Crippen molar-refractivity contribution in [1.82, 2.24) is 0 Å². The molecule has 0 spiro atoms. The van der Waals surface area contributed by atoms with Crippen molar-refractivity contribution in [1.29, 1.82) is 0 Å². The molecule has 0 saturated carbocycles. The molecular formula is C29H34O15. The summed E-state index contributed by atoms with van der Waals surface area (Å²) >= 11 is 0. The molecule has 7 N–H and O–H groups in total. The Balaban J connectivity index is 1.53. The van der Waals surface area contributed by atoms with E-state index in [-0.39, 0.29) is 28.2 Å². The molecule has 15 heteroatoms. The summed E-state index contributed by atoms with van der Waals surface area (Å²) in [4.78, 5) is 13.1. The molecule has 15 nitrogen and oxygen atoms in total. The van der Waals surface area contributed by atoms with E-state index in [1.165, 1.54) is 33.3 Å². The van der Waals surface area contributed by atoms with Crippen LogP contribution in [0.3, 0.4) is 0 Å². The molecule has 2 aliphatic rings. The predicted molar refractivity (Wildman–Crippen MR) is 148 cm³/mol. The van der Waals surface area contributed by atoms with Gasteiger partial charge in [0.25, 0.3) is 0 Å². The van der Waals surface area contributed by atoms with Crippen molar-refractivity contribution in [3.8, 4) is 34.3 Å². The number of benzene rings is 2. The van der Waals surface area contributed by atoms with Crippen LogP contribution in [0.1, 0.15) is 6.92 Å². The number of ether oxygens (including phenoxy) is 6. The Morgan fingerprint density at radius 2 is 1.55 bits per heavy atom. The third kappa shape index (κ3) is 5.81. The number of phenolic OH excluding ortho intramolecular Hbond substituents is 1. The van der Waals surface area contributed by atoms with E-state index in [2.05, 4.69) is 0 Å². The Morgan fingerprint density at radius 3 is 2.18 bits per heavy atom. The van der Waals surface area contributed by atoms with E-state index in [0.717, 1.165) is 0 Å². The number of hydrogen-bond acceptors (Lipinski definition) is 15. The normalized spacial score (nSPS) is 32.4. The van der Waals surface area contributed by atoms with Gasteiger partial charge >= 0.3 is 0 Å². The Morgan fingerprint density at radius 1 is 0.841 bits per heavy atom. The molecule has 10 atom stereocenters. The van der Waals surface area contributed by atoms with Crippen molar-refractivity contribution >= 4 is 11.0 Å². The second-order valence-electron chi connectivity index (χ2n) is 10.4. The fourth-order valence-corrected chi connectivity index (χ4v) is 5.15. The van der Waals surface area contributed by atoms with E-state index >= 15 is 0 Å². The van der Waals surface area contributed by atoms with E-state index in [9.17, 15) is 40.5 Å². The zero-order valence-corrected chi connectivity index (χ0v) is 23.8. The van der Waals surface area contributed by atoms with Crippen LogP contribution in [0.2, 0.25) is 0 Å². The lowest BCUT2D eigenvalue weighted by atomic mass is 9.97. The van der Waals surface area contributed by atoms with Crippen LogP contribution in [-0.2, 0) is 14.2 Å². The van der Waals surface area contributed by atoms with Gasteiger partial charge in [0.2, 0.25) is 12.0 Å². The quantitative estimate of drug-likeness (QED) is 0.163. The number of rotatable bonds is 8. The van der Waals surface area contributed by atoms with Crippen LogP contribution in [0.15, 0.2) is 45.6 Å². The highest BCUT2D eigenvalue weighted by atomic mass is 16.8. The lowest BCUT2D eigenvalue weighted by molar-refractivity contribution is -0.354. The van der Waals surface area contributed by atoms with E-state index in [1.54, 1.807) is 24.3 Å². The summed E-state index contributed by atoms with van der Waals surface area (Å²) in [6.07, 6.45) is -15.6. The summed E-state index contributed by atoms with van der Waals surface area (Å²) in [7, 11) is 2.71. The molecule has 1 aromatic heterocycles. The molecule has 3 heterocycles. The maximum atomic E-state index is 13.1. The van der Waals surface area contributed by atoms with Gasteiger partial charge in [0, 0.05) is 17.7 Å². The molecule has 0 unspecified atom stereocenters. The molecule has 0 bridgehead atoms. The van der Waals surface area contributed by atoms with Gasteiger partial charge < -0.3 is 68.6 Å². The number of fused-ring (bicyclic) bond motifs is 1. The van der Waals surface area contributed by atoms with Crippen LogP contribution in [0, 0.1) is 0 Å². The highest BCUT2D eigenvalue weighted by Crippen LogP contribution is 2.44. The van der Waals surface area contributed by atoms with Crippen molar-refractivity contribution in [3.05, 3.63) is 46.6 Å². The molecule has 240 valence electrons. The second kappa shape index (κ2) is 12.8. The molecule has 2 saturated heterocycles. The van der Waals surface area contributed by atoms with Crippen LogP contribution >= 0.6 is 0 Å². The topological polar surface area (TPSA) is 227 Å². The SMILES string of the molecule is COc1ccc(-c2cc(=O)c3c(O)c(OC)c(O[C@@H]4O[C@H](CO)[C@@H](O)[C@H](O)[C@H]4O[C@@H]4O[C@@H](C)[C@H](O)[C@@H](O)[C@H]4O)cc3o2)cc1. The average molecular weight is 623 g/mol. The maximum Gasteiger partial charge on any atom is 0.229 e. The molecule has 0 aliphatic carbocycles. The van der Waals surface area contributed by atoms with Gasteiger partial charge in [-0.05, 0) is 31.2 Å². The largest absolute Gasteiger partial charge is 0.504 e. The summed E-state index contributed by atoms with van der Waals surface area (Å²) in [5.74, 6) is -0.446. The summed E-state index contributed by atoms with van der Waals surface area (Å²) in [6.45, 7) is 0.681. The lowest BCUT2D eigenvalue weighted by Crippen LogP contribution is -2.64. The van der Waals surface area contributed by atoms with Crippen molar-refractivity contribution in [3.63, 3.8) is 0 Å². The van der Waals surface area contributed by atoms with E-state index in [1.807, 2.05) is 0 Å². The first-order valence-electron chi connectivity index (χ1n) is 13.7. The number of aliphatic hydroxyl groups excluding tert-OH is 6.